The highest BCUT2D eigenvalue weighted by atomic mass is 35.5. The van der Waals surface area contributed by atoms with Crippen LogP contribution in [-0.2, 0) is 15.1 Å². The third kappa shape index (κ3) is 4.43. The molecule has 2 unspecified atom stereocenters. The molecule has 1 heterocycles. The predicted octanol–water partition coefficient (Wildman–Crippen LogP) is 2.21. The van der Waals surface area contributed by atoms with Gasteiger partial charge < -0.3 is 15.8 Å². The number of ether oxygens (including phenoxy) is 1. The maximum atomic E-state index is 12.5. The molecule has 2 rings (SSSR count). The van der Waals surface area contributed by atoms with Gasteiger partial charge in [-0.2, -0.15) is 0 Å². The van der Waals surface area contributed by atoms with Crippen LogP contribution in [0.5, 0.6) is 0 Å². The minimum atomic E-state index is -0.999. The Morgan fingerprint density at radius 1 is 1.33 bits per heavy atom. The van der Waals surface area contributed by atoms with Crippen molar-refractivity contribution in [1.29, 1.82) is 0 Å². The van der Waals surface area contributed by atoms with Crippen LogP contribution in [0.15, 0.2) is 30.3 Å². The normalized spacial score (nSPS) is 20.0. The Labute approximate surface area is 132 Å². The summed E-state index contributed by atoms with van der Waals surface area (Å²) in [5, 5.41) is 3.07. The molecule has 1 aromatic rings. The molecule has 1 aliphatic rings. The van der Waals surface area contributed by atoms with E-state index in [1.165, 1.54) is 0 Å². The molecule has 0 saturated carbocycles. The van der Waals surface area contributed by atoms with Gasteiger partial charge in [0.1, 0.15) is 5.54 Å². The van der Waals surface area contributed by atoms with Crippen molar-refractivity contribution in [3.8, 4) is 0 Å². The van der Waals surface area contributed by atoms with E-state index in [9.17, 15) is 4.79 Å². The Balaban J connectivity index is 0.00000220. The second-order valence-electron chi connectivity index (χ2n) is 5.78. The first-order valence-corrected chi connectivity index (χ1v) is 7.25. The number of nitrogens with one attached hydrogen (secondary N) is 1. The molecule has 0 bridgehead atoms. The average Bonchev–Trinajstić information content (AvgIpc) is 2.49. The molecule has 5 heteroatoms. The van der Waals surface area contributed by atoms with Crippen molar-refractivity contribution >= 4 is 18.3 Å². The Morgan fingerprint density at radius 3 is 2.48 bits per heavy atom. The quantitative estimate of drug-likeness (QED) is 0.896. The standard InChI is InChI=1S/C16H24N2O2.ClH/c1-12(13-8-10-20-11-9-13)18-15(19)16(2,17)14-6-4-3-5-7-14;/h3-7,12-13H,8-11,17H2,1-2H3,(H,18,19);1H. The van der Waals surface area contributed by atoms with Gasteiger partial charge in [0.25, 0.3) is 0 Å². The lowest BCUT2D eigenvalue weighted by Crippen LogP contribution is -2.53. The largest absolute Gasteiger partial charge is 0.381 e. The van der Waals surface area contributed by atoms with Crippen LogP contribution in [0.25, 0.3) is 0 Å². The van der Waals surface area contributed by atoms with Gasteiger partial charge >= 0.3 is 0 Å². The first kappa shape index (κ1) is 18.0. The summed E-state index contributed by atoms with van der Waals surface area (Å²) >= 11 is 0. The summed E-state index contributed by atoms with van der Waals surface area (Å²) in [6.07, 6.45) is 1.99. The van der Waals surface area contributed by atoms with E-state index in [2.05, 4.69) is 12.2 Å². The first-order chi connectivity index (χ1) is 9.51. The highest BCUT2D eigenvalue weighted by Crippen LogP contribution is 2.21. The molecule has 3 N–H and O–H groups in total. The van der Waals surface area contributed by atoms with Crippen molar-refractivity contribution in [2.75, 3.05) is 13.2 Å². The van der Waals surface area contributed by atoms with Crippen LogP contribution in [0.3, 0.4) is 0 Å². The molecule has 1 aromatic carbocycles. The Morgan fingerprint density at radius 2 is 1.90 bits per heavy atom. The van der Waals surface area contributed by atoms with Gasteiger partial charge in [0, 0.05) is 19.3 Å². The molecule has 1 aliphatic heterocycles. The summed E-state index contributed by atoms with van der Waals surface area (Å²) in [4.78, 5) is 12.5. The molecule has 21 heavy (non-hydrogen) atoms. The second kappa shape index (κ2) is 7.78. The second-order valence-corrected chi connectivity index (χ2v) is 5.78. The molecule has 0 aliphatic carbocycles. The predicted molar refractivity (Wildman–Crippen MR) is 86.4 cm³/mol. The number of carbonyl (C=O) groups is 1. The number of halogens is 1. The highest BCUT2D eigenvalue weighted by molar-refractivity contribution is 5.87. The van der Waals surface area contributed by atoms with Crippen LogP contribution in [0.4, 0.5) is 0 Å². The Kier molecular flexibility index (Phi) is 6.65. The maximum absolute atomic E-state index is 12.5. The van der Waals surface area contributed by atoms with Gasteiger partial charge in [-0.05, 0) is 38.2 Å². The van der Waals surface area contributed by atoms with Crippen molar-refractivity contribution in [3.63, 3.8) is 0 Å². The molecular weight excluding hydrogens is 288 g/mol. The number of amides is 1. The van der Waals surface area contributed by atoms with Gasteiger partial charge in [-0.15, -0.1) is 12.4 Å². The molecule has 4 nitrogen and oxygen atoms in total. The minimum Gasteiger partial charge on any atom is -0.381 e. The molecule has 0 aromatic heterocycles. The summed E-state index contributed by atoms with van der Waals surface area (Å²) < 4.78 is 5.35. The van der Waals surface area contributed by atoms with E-state index in [-0.39, 0.29) is 24.4 Å². The topological polar surface area (TPSA) is 64.4 Å². The molecule has 1 amide bonds. The van der Waals surface area contributed by atoms with Crippen molar-refractivity contribution in [1.82, 2.24) is 5.32 Å². The van der Waals surface area contributed by atoms with Gasteiger partial charge in [0.05, 0.1) is 0 Å². The van der Waals surface area contributed by atoms with Crippen molar-refractivity contribution in [2.24, 2.45) is 11.7 Å². The zero-order chi connectivity index (χ0) is 14.6. The van der Waals surface area contributed by atoms with E-state index >= 15 is 0 Å². The van der Waals surface area contributed by atoms with Gasteiger partial charge in [-0.1, -0.05) is 30.3 Å². The van der Waals surface area contributed by atoms with Crippen LogP contribution < -0.4 is 11.1 Å². The van der Waals surface area contributed by atoms with Gasteiger partial charge in [-0.25, -0.2) is 0 Å². The van der Waals surface area contributed by atoms with E-state index in [0.29, 0.717) is 5.92 Å². The van der Waals surface area contributed by atoms with Crippen LogP contribution in [0.1, 0.15) is 32.3 Å². The number of carbonyl (C=O) groups excluding carboxylic acids is 1. The van der Waals surface area contributed by atoms with E-state index in [1.54, 1.807) is 6.92 Å². The zero-order valence-corrected chi connectivity index (χ0v) is 13.5. The monoisotopic (exact) mass is 312 g/mol. The van der Waals surface area contributed by atoms with Crippen LogP contribution in [0, 0.1) is 5.92 Å². The third-order valence-electron chi connectivity index (χ3n) is 4.18. The fourth-order valence-corrected chi connectivity index (χ4v) is 2.61. The number of hydrogen-bond acceptors (Lipinski definition) is 3. The van der Waals surface area contributed by atoms with Crippen molar-refractivity contribution in [2.45, 2.75) is 38.3 Å². The van der Waals surface area contributed by atoms with E-state index in [4.69, 9.17) is 10.5 Å². The lowest BCUT2D eigenvalue weighted by molar-refractivity contribution is -0.127. The first-order valence-electron chi connectivity index (χ1n) is 7.25. The summed E-state index contributed by atoms with van der Waals surface area (Å²) in [5.74, 6) is 0.349. The van der Waals surface area contributed by atoms with Crippen LogP contribution in [-0.4, -0.2) is 25.2 Å². The molecule has 118 valence electrons. The highest BCUT2D eigenvalue weighted by Gasteiger charge is 2.32. The molecule has 2 atom stereocenters. The van der Waals surface area contributed by atoms with Crippen LogP contribution >= 0.6 is 12.4 Å². The van der Waals surface area contributed by atoms with Crippen LogP contribution in [0.2, 0.25) is 0 Å². The zero-order valence-electron chi connectivity index (χ0n) is 12.7. The molecule has 0 spiro atoms. The number of hydrogen-bond donors (Lipinski definition) is 2. The molecule has 1 fully saturated rings. The minimum absolute atomic E-state index is 0. The number of rotatable bonds is 4. The van der Waals surface area contributed by atoms with Crippen molar-refractivity contribution < 1.29 is 9.53 Å². The van der Waals surface area contributed by atoms with Gasteiger partial charge in [-0.3, -0.25) is 4.79 Å². The summed E-state index contributed by atoms with van der Waals surface area (Å²) in [6, 6.07) is 9.61. The SMILES string of the molecule is CC(NC(=O)C(C)(N)c1ccccc1)C1CCOCC1.Cl. The Hall–Kier alpha value is -1.10. The molecule has 0 radical (unpaired) electrons. The average molecular weight is 313 g/mol. The third-order valence-corrected chi connectivity index (χ3v) is 4.18. The number of nitrogens with two attached hydrogens (primary N) is 1. The van der Waals surface area contributed by atoms with E-state index in [1.807, 2.05) is 30.3 Å². The van der Waals surface area contributed by atoms with E-state index < -0.39 is 5.54 Å². The lowest BCUT2D eigenvalue weighted by Gasteiger charge is -2.32. The van der Waals surface area contributed by atoms with Gasteiger partial charge in [0.15, 0.2) is 0 Å². The lowest BCUT2D eigenvalue weighted by atomic mass is 9.89. The van der Waals surface area contributed by atoms with Crippen molar-refractivity contribution in [3.05, 3.63) is 35.9 Å². The summed E-state index contributed by atoms with van der Waals surface area (Å²) in [6.45, 7) is 5.37. The summed E-state index contributed by atoms with van der Waals surface area (Å²) in [7, 11) is 0. The maximum Gasteiger partial charge on any atom is 0.244 e. The fraction of sp³-hybridized carbons (Fsp3) is 0.562. The molecular formula is C16H25ClN2O2. The van der Waals surface area contributed by atoms with E-state index in [0.717, 1.165) is 31.6 Å². The van der Waals surface area contributed by atoms with Gasteiger partial charge in [0.2, 0.25) is 5.91 Å². The summed E-state index contributed by atoms with van der Waals surface area (Å²) in [5.41, 5.74) is 6.05. The Bertz CT molecular complexity index is 445. The smallest absolute Gasteiger partial charge is 0.244 e. The number of benzene rings is 1. The fourth-order valence-electron chi connectivity index (χ4n) is 2.61. The molecule has 1 saturated heterocycles.